The van der Waals surface area contributed by atoms with Crippen LogP contribution in [0.1, 0.15) is 52.2 Å². The first-order valence-electron chi connectivity index (χ1n) is 12.4. The first kappa shape index (κ1) is 24.6. The number of carbonyl (C=O) groups excluding carboxylic acids is 1. The number of carbonyl (C=O) groups is 1. The third-order valence-electron chi connectivity index (χ3n) is 6.51. The van der Waals surface area contributed by atoms with Gasteiger partial charge >= 0.3 is 0 Å². The fraction of sp³-hybridized carbons (Fsp3) is 0.414. The minimum Gasteiger partial charge on any atom is -0.372 e. The lowest BCUT2D eigenvalue weighted by Crippen LogP contribution is -2.37. The van der Waals surface area contributed by atoms with Crippen LogP contribution in [-0.2, 0) is 4.79 Å². The summed E-state index contributed by atoms with van der Waals surface area (Å²) < 4.78 is 0. The van der Waals surface area contributed by atoms with Crippen LogP contribution in [0, 0.1) is 0 Å². The van der Waals surface area contributed by atoms with E-state index in [1.807, 2.05) is 4.90 Å². The highest BCUT2D eigenvalue weighted by atomic mass is 16.2. The first-order valence-corrected chi connectivity index (χ1v) is 12.4. The number of likely N-dealkylation sites (tertiary alicyclic amines) is 1. The molecular weight excluding hydrogens is 406 g/mol. The summed E-state index contributed by atoms with van der Waals surface area (Å²) in [6, 6.07) is 17.3. The Labute approximate surface area is 200 Å². The van der Waals surface area contributed by atoms with Crippen LogP contribution in [0.5, 0.6) is 0 Å². The molecule has 0 aliphatic carbocycles. The Kier molecular flexibility index (Phi) is 8.76. The second kappa shape index (κ2) is 11.7. The molecule has 0 spiro atoms. The average Bonchev–Trinajstić information content (AvgIpc) is 2.84. The summed E-state index contributed by atoms with van der Waals surface area (Å²) in [6.45, 7) is 16.2. The van der Waals surface area contributed by atoms with Crippen LogP contribution < -0.4 is 9.80 Å². The molecule has 1 saturated heterocycles. The van der Waals surface area contributed by atoms with Crippen LogP contribution in [0.25, 0.3) is 12.2 Å². The molecule has 1 fully saturated rings. The third-order valence-corrected chi connectivity index (χ3v) is 6.51. The lowest BCUT2D eigenvalue weighted by molar-refractivity contribution is -0.127. The van der Waals surface area contributed by atoms with E-state index in [0.29, 0.717) is 13.0 Å². The molecule has 2 aromatic rings. The summed E-state index contributed by atoms with van der Waals surface area (Å²) in [7, 11) is 0. The molecule has 3 rings (SSSR count). The summed E-state index contributed by atoms with van der Waals surface area (Å²) in [6.07, 6.45) is 5.01. The highest BCUT2D eigenvalue weighted by Gasteiger charge is 2.25. The number of nitrogens with zero attached hydrogens (tertiary/aromatic N) is 3. The van der Waals surface area contributed by atoms with Crippen molar-refractivity contribution in [3.05, 3.63) is 70.8 Å². The monoisotopic (exact) mass is 445 g/mol. The average molecular weight is 446 g/mol. The Hall–Kier alpha value is -3.01. The predicted octanol–water partition coefficient (Wildman–Crippen LogP) is 6.10. The van der Waals surface area contributed by atoms with Gasteiger partial charge in [0.2, 0.25) is 5.91 Å². The van der Waals surface area contributed by atoms with E-state index in [9.17, 15) is 4.79 Å². The number of benzene rings is 2. The Morgan fingerprint density at radius 2 is 1.18 bits per heavy atom. The summed E-state index contributed by atoms with van der Waals surface area (Å²) in [5.74, 6) is 0.152. The van der Waals surface area contributed by atoms with Gasteiger partial charge in [-0.25, -0.2) is 0 Å². The molecule has 0 bridgehead atoms. The minimum absolute atomic E-state index is 0.152. The Balaban J connectivity index is 1.83. The zero-order valence-corrected chi connectivity index (χ0v) is 21.0. The van der Waals surface area contributed by atoms with Crippen molar-refractivity contribution in [1.29, 1.82) is 0 Å². The van der Waals surface area contributed by atoms with Gasteiger partial charge in [-0.05, 0) is 81.7 Å². The smallest absolute Gasteiger partial charge is 0.250 e. The second-order valence-corrected chi connectivity index (χ2v) is 8.50. The van der Waals surface area contributed by atoms with E-state index in [4.69, 9.17) is 0 Å². The lowest BCUT2D eigenvalue weighted by atomic mass is 9.95. The van der Waals surface area contributed by atoms with Gasteiger partial charge in [0.15, 0.2) is 0 Å². The molecular formula is C29H39N3O. The fourth-order valence-corrected chi connectivity index (χ4v) is 4.54. The molecule has 1 heterocycles. The Morgan fingerprint density at radius 3 is 1.61 bits per heavy atom. The quantitative estimate of drug-likeness (QED) is 0.437. The highest BCUT2D eigenvalue weighted by molar-refractivity contribution is 6.00. The van der Waals surface area contributed by atoms with Crippen LogP contribution in [0.15, 0.2) is 59.7 Å². The summed E-state index contributed by atoms with van der Waals surface area (Å²) in [4.78, 5) is 19.6. The van der Waals surface area contributed by atoms with Gasteiger partial charge < -0.3 is 14.7 Å². The van der Waals surface area contributed by atoms with Crippen molar-refractivity contribution in [3.63, 3.8) is 0 Å². The Morgan fingerprint density at radius 1 is 0.727 bits per heavy atom. The number of piperidine rings is 1. The standard InChI is InChI=1S/C29H39N3O/c1-6-30(7-2)27-15-11-23(12-16-27)19-25-21-26(29(33)32(10-5)22-25)20-24-13-17-28(18-14-24)31(8-3)9-4/h11-20H,6-10,21-22H2,1-5H3. The molecule has 1 amide bonds. The van der Waals surface area contributed by atoms with Gasteiger partial charge in [0.1, 0.15) is 0 Å². The number of amides is 1. The molecule has 0 atom stereocenters. The van der Waals surface area contributed by atoms with Crippen LogP contribution in [0.2, 0.25) is 0 Å². The van der Waals surface area contributed by atoms with Crippen LogP contribution in [0.3, 0.4) is 0 Å². The first-order chi connectivity index (χ1) is 16.0. The van der Waals surface area contributed by atoms with Gasteiger partial charge in [0, 0.05) is 62.6 Å². The van der Waals surface area contributed by atoms with E-state index in [2.05, 4.69) is 105 Å². The van der Waals surface area contributed by atoms with E-state index in [-0.39, 0.29) is 5.91 Å². The molecule has 4 heteroatoms. The maximum absolute atomic E-state index is 13.0. The third kappa shape index (κ3) is 6.07. The number of hydrogen-bond donors (Lipinski definition) is 0. The van der Waals surface area contributed by atoms with Gasteiger partial charge in [-0.15, -0.1) is 0 Å². The second-order valence-electron chi connectivity index (χ2n) is 8.50. The zero-order chi connectivity index (χ0) is 23.8. The van der Waals surface area contributed by atoms with Crippen LogP contribution >= 0.6 is 0 Å². The fourth-order valence-electron chi connectivity index (χ4n) is 4.54. The van der Waals surface area contributed by atoms with Crippen molar-refractivity contribution in [2.24, 2.45) is 0 Å². The van der Waals surface area contributed by atoms with Crippen molar-refractivity contribution in [3.8, 4) is 0 Å². The van der Waals surface area contributed by atoms with Crippen molar-refractivity contribution in [1.82, 2.24) is 4.90 Å². The van der Waals surface area contributed by atoms with Crippen LogP contribution in [-0.4, -0.2) is 50.1 Å². The van der Waals surface area contributed by atoms with E-state index >= 15 is 0 Å². The topological polar surface area (TPSA) is 26.8 Å². The predicted molar refractivity (Wildman–Crippen MR) is 143 cm³/mol. The molecule has 1 aliphatic heterocycles. The minimum atomic E-state index is 0.152. The van der Waals surface area contributed by atoms with Gasteiger partial charge in [0.05, 0.1) is 0 Å². The largest absolute Gasteiger partial charge is 0.372 e. The molecule has 0 N–H and O–H groups in total. The molecule has 33 heavy (non-hydrogen) atoms. The van der Waals surface area contributed by atoms with E-state index in [1.54, 1.807) is 0 Å². The van der Waals surface area contributed by atoms with Crippen LogP contribution in [0.4, 0.5) is 11.4 Å². The zero-order valence-electron chi connectivity index (χ0n) is 21.0. The van der Waals surface area contributed by atoms with E-state index in [1.165, 1.54) is 22.5 Å². The van der Waals surface area contributed by atoms with Gasteiger partial charge in [-0.2, -0.15) is 0 Å². The highest BCUT2D eigenvalue weighted by Crippen LogP contribution is 2.27. The molecule has 2 aromatic carbocycles. The van der Waals surface area contributed by atoms with Crippen molar-refractivity contribution in [2.75, 3.05) is 49.1 Å². The molecule has 1 aliphatic rings. The summed E-state index contributed by atoms with van der Waals surface area (Å²) >= 11 is 0. The number of anilines is 2. The maximum Gasteiger partial charge on any atom is 0.250 e. The maximum atomic E-state index is 13.0. The van der Waals surface area contributed by atoms with E-state index < -0.39 is 0 Å². The van der Waals surface area contributed by atoms with E-state index in [0.717, 1.165) is 43.9 Å². The van der Waals surface area contributed by atoms with Crippen molar-refractivity contribution >= 4 is 29.4 Å². The molecule has 0 aromatic heterocycles. The SMILES string of the molecule is CCN1CC(=Cc2ccc(N(CC)CC)cc2)CC(=Cc2ccc(N(CC)CC)cc2)C1=O. The van der Waals surface area contributed by atoms with Gasteiger partial charge in [-0.3, -0.25) is 4.79 Å². The molecule has 4 nitrogen and oxygen atoms in total. The molecule has 0 unspecified atom stereocenters. The molecule has 0 radical (unpaired) electrons. The van der Waals surface area contributed by atoms with Gasteiger partial charge in [-0.1, -0.05) is 30.3 Å². The lowest BCUT2D eigenvalue weighted by Gasteiger charge is -2.29. The number of likely N-dealkylation sites (N-methyl/N-ethyl adjacent to an activating group) is 1. The molecule has 176 valence electrons. The Bertz CT molecular complexity index is 965. The molecule has 0 saturated carbocycles. The number of hydrogen-bond acceptors (Lipinski definition) is 3. The van der Waals surface area contributed by atoms with Crippen molar-refractivity contribution in [2.45, 2.75) is 41.0 Å². The normalized spacial score (nSPS) is 16.5. The summed E-state index contributed by atoms with van der Waals surface area (Å²) in [5.41, 5.74) is 6.89. The summed E-state index contributed by atoms with van der Waals surface area (Å²) in [5, 5.41) is 0. The number of rotatable bonds is 9. The van der Waals surface area contributed by atoms with Crippen molar-refractivity contribution < 1.29 is 4.79 Å². The van der Waals surface area contributed by atoms with Gasteiger partial charge in [0.25, 0.3) is 0 Å².